The Bertz CT molecular complexity index is 995. The molecule has 4 nitrogen and oxygen atoms in total. The van der Waals surface area contributed by atoms with Crippen LogP contribution in [-0.4, -0.2) is 30.3 Å². The van der Waals surface area contributed by atoms with Crippen LogP contribution in [0.3, 0.4) is 0 Å². The van der Waals surface area contributed by atoms with Crippen LogP contribution in [0.4, 0.5) is 5.69 Å². The largest absolute Gasteiger partial charge is 0.338 e. The standard InChI is InChI=1S/C23H22N2O2/c1-24(21-13-12-18-5-2-3-6-20(18)15-21)23(27)19-10-8-17(9-11-19)16-25-14-4-7-22(25)26/h2-3,5-6,8-13,15H,4,7,14,16H2,1H3. The Balaban J connectivity index is 1.50. The van der Waals surface area contributed by atoms with Gasteiger partial charge in [-0.3, -0.25) is 9.59 Å². The van der Waals surface area contributed by atoms with Gasteiger partial charge in [0.15, 0.2) is 0 Å². The molecule has 0 unspecified atom stereocenters. The van der Waals surface area contributed by atoms with Gasteiger partial charge in [0.25, 0.3) is 5.91 Å². The molecule has 1 aliphatic heterocycles. The van der Waals surface area contributed by atoms with Crippen molar-refractivity contribution in [3.05, 3.63) is 77.9 Å². The quantitative estimate of drug-likeness (QED) is 0.700. The second-order valence-corrected chi connectivity index (χ2v) is 7.01. The first-order chi connectivity index (χ1) is 13.1. The van der Waals surface area contributed by atoms with Crippen LogP contribution in [0.15, 0.2) is 66.7 Å². The zero-order chi connectivity index (χ0) is 18.8. The molecule has 0 radical (unpaired) electrons. The molecular formula is C23H22N2O2. The highest BCUT2D eigenvalue weighted by Gasteiger charge is 2.20. The Morgan fingerprint density at radius 1 is 1.00 bits per heavy atom. The minimum absolute atomic E-state index is 0.0471. The Morgan fingerprint density at radius 3 is 2.44 bits per heavy atom. The Kier molecular flexibility index (Phi) is 4.63. The maximum Gasteiger partial charge on any atom is 0.258 e. The number of likely N-dealkylation sites (tertiary alicyclic amines) is 1. The molecule has 0 spiro atoms. The topological polar surface area (TPSA) is 40.6 Å². The van der Waals surface area contributed by atoms with Gasteiger partial charge in [-0.05, 0) is 47.0 Å². The van der Waals surface area contributed by atoms with E-state index in [1.54, 1.807) is 11.9 Å². The molecule has 1 aliphatic rings. The molecule has 0 N–H and O–H groups in total. The van der Waals surface area contributed by atoms with Gasteiger partial charge < -0.3 is 9.80 Å². The van der Waals surface area contributed by atoms with E-state index < -0.39 is 0 Å². The highest BCUT2D eigenvalue weighted by Crippen LogP contribution is 2.23. The molecule has 1 heterocycles. The van der Waals surface area contributed by atoms with Crippen molar-refractivity contribution in [3.8, 4) is 0 Å². The predicted octanol–water partition coefficient (Wildman–Crippen LogP) is 4.24. The van der Waals surface area contributed by atoms with Gasteiger partial charge >= 0.3 is 0 Å². The summed E-state index contributed by atoms with van der Waals surface area (Å²) in [7, 11) is 1.79. The zero-order valence-corrected chi connectivity index (χ0v) is 15.4. The molecule has 1 fully saturated rings. The van der Waals surface area contributed by atoms with E-state index in [1.807, 2.05) is 65.6 Å². The highest BCUT2D eigenvalue weighted by atomic mass is 16.2. The number of anilines is 1. The maximum atomic E-state index is 12.9. The summed E-state index contributed by atoms with van der Waals surface area (Å²) in [6, 6.07) is 21.7. The molecule has 4 rings (SSSR count). The SMILES string of the molecule is CN(C(=O)c1ccc(CN2CCCC2=O)cc1)c1ccc2ccccc2c1. The second kappa shape index (κ2) is 7.23. The van der Waals surface area contributed by atoms with Crippen molar-refractivity contribution < 1.29 is 9.59 Å². The number of hydrogen-bond acceptors (Lipinski definition) is 2. The van der Waals surface area contributed by atoms with Crippen LogP contribution in [0.1, 0.15) is 28.8 Å². The van der Waals surface area contributed by atoms with E-state index in [2.05, 4.69) is 6.07 Å². The van der Waals surface area contributed by atoms with E-state index in [4.69, 9.17) is 0 Å². The average Bonchev–Trinajstić information content (AvgIpc) is 3.11. The van der Waals surface area contributed by atoms with Gasteiger partial charge in [-0.25, -0.2) is 0 Å². The molecular weight excluding hydrogens is 336 g/mol. The summed E-state index contributed by atoms with van der Waals surface area (Å²) in [6.45, 7) is 1.44. The number of amides is 2. The Hall–Kier alpha value is -3.14. The number of fused-ring (bicyclic) bond motifs is 1. The number of carbonyl (C=O) groups is 2. The first-order valence-electron chi connectivity index (χ1n) is 9.25. The van der Waals surface area contributed by atoms with E-state index in [0.717, 1.165) is 35.0 Å². The highest BCUT2D eigenvalue weighted by molar-refractivity contribution is 6.06. The third kappa shape index (κ3) is 3.56. The Morgan fingerprint density at radius 2 is 1.74 bits per heavy atom. The molecule has 4 heteroatoms. The van der Waals surface area contributed by atoms with Crippen LogP contribution in [-0.2, 0) is 11.3 Å². The molecule has 2 amide bonds. The fourth-order valence-electron chi connectivity index (χ4n) is 3.54. The molecule has 1 saturated heterocycles. The summed E-state index contributed by atoms with van der Waals surface area (Å²) >= 11 is 0. The third-order valence-electron chi connectivity index (χ3n) is 5.17. The molecule has 0 aliphatic carbocycles. The van der Waals surface area contributed by atoms with Crippen molar-refractivity contribution in [2.45, 2.75) is 19.4 Å². The van der Waals surface area contributed by atoms with Crippen LogP contribution >= 0.6 is 0 Å². The van der Waals surface area contributed by atoms with E-state index in [-0.39, 0.29) is 11.8 Å². The zero-order valence-electron chi connectivity index (χ0n) is 15.4. The van der Waals surface area contributed by atoms with Gasteiger partial charge in [-0.1, -0.05) is 42.5 Å². The lowest BCUT2D eigenvalue weighted by molar-refractivity contribution is -0.128. The van der Waals surface area contributed by atoms with Gasteiger partial charge in [-0.2, -0.15) is 0 Å². The van der Waals surface area contributed by atoms with Crippen molar-refractivity contribution in [1.82, 2.24) is 4.90 Å². The number of rotatable bonds is 4. The third-order valence-corrected chi connectivity index (χ3v) is 5.17. The summed E-state index contributed by atoms with van der Waals surface area (Å²) in [4.78, 5) is 28.2. The van der Waals surface area contributed by atoms with Crippen molar-refractivity contribution in [2.24, 2.45) is 0 Å². The van der Waals surface area contributed by atoms with Gasteiger partial charge in [0.1, 0.15) is 0 Å². The maximum absolute atomic E-state index is 12.9. The summed E-state index contributed by atoms with van der Waals surface area (Å²) in [5.74, 6) is 0.167. The summed E-state index contributed by atoms with van der Waals surface area (Å²) in [5, 5.41) is 2.27. The van der Waals surface area contributed by atoms with E-state index >= 15 is 0 Å². The Labute approximate surface area is 159 Å². The van der Waals surface area contributed by atoms with Crippen molar-refractivity contribution in [3.63, 3.8) is 0 Å². The number of carbonyl (C=O) groups excluding carboxylic acids is 2. The molecule has 0 saturated carbocycles. The lowest BCUT2D eigenvalue weighted by Gasteiger charge is -2.19. The van der Waals surface area contributed by atoms with Gasteiger partial charge in [0.05, 0.1) is 0 Å². The molecule has 3 aromatic carbocycles. The molecule has 0 bridgehead atoms. The normalized spacial score (nSPS) is 14.0. The lowest BCUT2D eigenvalue weighted by atomic mass is 10.1. The van der Waals surface area contributed by atoms with E-state index in [1.165, 1.54) is 0 Å². The molecule has 0 aromatic heterocycles. The van der Waals surface area contributed by atoms with Gasteiger partial charge in [0, 0.05) is 37.8 Å². The van der Waals surface area contributed by atoms with E-state index in [9.17, 15) is 9.59 Å². The molecule has 27 heavy (non-hydrogen) atoms. The number of hydrogen-bond donors (Lipinski definition) is 0. The summed E-state index contributed by atoms with van der Waals surface area (Å²) in [6.07, 6.45) is 1.58. The van der Waals surface area contributed by atoms with Crippen molar-refractivity contribution in [1.29, 1.82) is 0 Å². The summed E-state index contributed by atoms with van der Waals surface area (Å²) in [5.41, 5.74) is 2.56. The van der Waals surface area contributed by atoms with Crippen molar-refractivity contribution >= 4 is 28.3 Å². The molecule has 0 atom stereocenters. The predicted molar refractivity (Wildman–Crippen MR) is 108 cm³/mol. The van der Waals surface area contributed by atoms with Crippen LogP contribution in [0, 0.1) is 0 Å². The van der Waals surface area contributed by atoms with E-state index in [0.29, 0.717) is 18.5 Å². The second-order valence-electron chi connectivity index (χ2n) is 7.01. The van der Waals surface area contributed by atoms with Crippen LogP contribution < -0.4 is 4.90 Å². The summed E-state index contributed by atoms with van der Waals surface area (Å²) < 4.78 is 0. The first-order valence-corrected chi connectivity index (χ1v) is 9.25. The first kappa shape index (κ1) is 17.3. The lowest BCUT2D eigenvalue weighted by Crippen LogP contribution is -2.26. The minimum Gasteiger partial charge on any atom is -0.338 e. The fraction of sp³-hybridized carbons (Fsp3) is 0.217. The van der Waals surface area contributed by atoms with Crippen LogP contribution in [0.25, 0.3) is 10.8 Å². The molecule has 3 aromatic rings. The van der Waals surface area contributed by atoms with Gasteiger partial charge in [-0.15, -0.1) is 0 Å². The minimum atomic E-state index is -0.0471. The molecule has 136 valence electrons. The smallest absolute Gasteiger partial charge is 0.258 e. The average molecular weight is 358 g/mol. The van der Waals surface area contributed by atoms with Crippen LogP contribution in [0.5, 0.6) is 0 Å². The number of benzene rings is 3. The monoisotopic (exact) mass is 358 g/mol. The van der Waals surface area contributed by atoms with Gasteiger partial charge in [0.2, 0.25) is 5.91 Å². The number of nitrogens with zero attached hydrogens (tertiary/aromatic N) is 2. The van der Waals surface area contributed by atoms with Crippen molar-refractivity contribution in [2.75, 3.05) is 18.5 Å². The van der Waals surface area contributed by atoms with Crippen LogP contribution in [0.2, 0.25) is 0 Å². The fourth-order valence-corrected chi connectivity index (χ4v) is 3.54.